The molecular weight excluding hydrogens is 194 g/mol. The molecule has 0 aromatic carbocycles. The summed E-state index contributed by atoms with van der Waals surface area (Å²) >= 11 is 1.78. The van der Waals surface area contributed by atoms with E-state index in [1.165, 1.54) is 12.8 Å². The first-order valence-electron chi connectivity index (χ1n) is 5.24. The molecule has 0 aliphatic carbocycles. The molecule has 0 saturated carbocycles. The van der Waals surface area contributed by atoms with E-state index in [2.05, 4.69) is 18.9 Å². The molecule has 4 heteroatoms. The normalized spacial score (nSPS) is 10.7. The zero-order valence-corrected chi connectivity index (χ0v) is 9.81. The summed E-state index contributed by atoms with van der Waals surface area (Å²) in [5, 5.41) is 5.50. The van der Waals surface area contributed by atoms with Crippen LogP contribution < -0.4 is 5.73 Å². The Hall–Kier alpha value is -0.640. The molecular formula is C10H19N3S. The molecule has 0 bridgehead atoms. The summed E-state index contributed by atoms with van der Waals surface area (Å²) in [5.41, 5.74) is 5.84. The van der Waals surface area contributed by atoms with Crippen LogP contribution in [0.5, 0.6) is 0 Å². The van der Waals surface area contributed by atoms with Crippen LogP contribution in [0.15, 0.2) is 11.1 Å². The lowest BCUT2D eigenvalue weighted by molar-refractivity contribution is 0.568. The summed E-state index contributed by atoms with van der Waals surface area (Å²) in [5.74, 6) is 1.90. The predicted octanol–water partition coefficient (Wildman–Crippen LogP) is 2.77. The van der Waals surface area contributed by atoms with Gasteiger partial charge < -0.3 is 5.73 Å². The van der Waals surface area contributed by atoms with E-state index in [9.17, 15) is 0 Å². The van der Waals surface area contributed by atoms with E-state index in [0.29, 0.717) is 0 Å². The van der Waals surface area contributed by atoms with Crippen molar-refractivity contribution in [2.45, 2.75) is 44.7 Å². The van der Waals surface area contributed by atoms with Gasteiger partial charge in [0.2, 0.25) is 0 Å². The SMILES string of the molecule is CCCCn1nc(SCCC)cc1N. The average molecular weight is 213 g/mol. The monoisotopic (exact) mass is 213 g/mol. The van der Waals surface area contributed by atoms with Gasteiger partial charge in [-0.25, -0.2) is 4.68 Å². The van der Waals surface area contributed by atoms with Gasteiger partial charge in [0.15, 0.2) is 0 Å². The highest BCUT2D eigenvalue weighted by Crippen LogP contribution is 2.19. The van der Waals surface area contributed by atoms with E-state index >= 15 is 0 Å². The second kappa shape index (κ2) is 5.96. The predicted molar refractivity (Wildman–Crippen MR) is 62.6 cm³/mol. The van der Waals surface area contributed by atoms with Crippen molar-refractivity contribution in [2.75, 3.05) is 11.5 Å². The molecule has 0 spiro atoms. The zero-order chi connectivity index (χ0) is 10.4. The molecule has 0 aliphatic rings. The van der Waals surface area contributed by atoms with Gasteiger partial charge >= 0.3 is 0 Å². The van der Waals surface area contributed by atoms with Crippen molar-refractivity contribution >= 4 is 17.6 Å². The lowest BCUT2D eigenvalue weighted by Gasteiger charge is -2.00. The number of aryl methyl sites for hydroxylation is 1. The third-order valence-electron chi connectivity index (χ3n) is 1.97. The number of hydrogen-bond acceptors (Lipinski definition) is 3. The van der Waals surface area contributed by atoms with Gasteiger partial charge in [-0.2, -0.15) is 5.10 Å². The second-order valence-corrected chi connectivity index (χ2v) is 4.45. The fourth-order valence-electron chi connectivity index (χ4n) is 1.17. The van der Waals surface area contributed by atoms with E-state index < -0.39 is 0 Å². The fourth-order valence-corrected chi connectivity index (χ4v) is 1.94. The van der Waals surface area contributed by atoms with Gasteiger partial charge in [0.1, 0.15) is 10.8 Å². The summed E-state index contributed by atoms with van der Waals surface area (Å²) in [6.45, 7) is 5.28. The number of thioether (sulfide) groups is 1. The van der Waals surface area contributed by atoms with Crippen molar-refractivity contribution < 1.29 is 0 Å². The van der Waals surface area contributed by atoms with E-state index in [-0.39, 0.29) is 0 Å². The molecule has 3 nitrogen and oxygen atoms in total. The maximum absolute atomic E-state index is 5.84. The van der Waals surface area contributed by atoms with Crippen molar-refractivity contribution in [2.24, 2.45) is 0 Å². The van der Waals surface area contributed by atoms with Crippen LogP contribution in [-0.2, 0) is 6.54 Å². The summed E-state index contributed by atoms with van der Waals surface area (Å²) in [6, 6.07) is 1.97. The van der Waals surface area contributed by atoms with Gasteiger partial charge in [-0.1, -0.05) is 20.3 Å². The summed E-state index contributed by atoms with van der Waals surface area (Å²) in [6.07, 6.45) is 3.49. The highest BCUT2D eigenvalue weighted by atomic mass is 32.2. The minimum atomic E-state index is 0.789. The molecule has 14 heavy (non-hydrogen) atoms. The number of nitrogens with two attached hydrogens (primary N) is 1. The molecule has 1 aromatic heterocycles. The number of hydrogen-bond donors (Lipinski definition) is 1. The Morgan fingerprint density at radius 2 is 2.21 bits per heavy atom. The third kappa shape index (κ3) is 3.25. The van der Waals surface area contributed by atoms with Crippen molar-refractivity contribution in [1.29, 1.82) is 0 Å². The standard InChI is InChI=1S/C10H19N3S/c1-3-5-6-13-9(11)8-10(12-13)14-7-4-2/h8H,3-7,11H2,1-2H3. The quantitative estimate of drug-likeness (QED) is 0.739. The smallest absolute Gasteiger partial charge is 0.122 e. The Morgan fingerprint density at radius 3 is 2.86 bits per heavy atom. The average Bonchev–Trinajstić information content (AvgIpc) is 2.53. The number of rotatable bonds is 6. The molecule has 1 heterocycles. The molecule has 1 aromatic rings. The Kier molecular flexibility index (Phi) is 4.87. The lowest BCUT2D eigenvalue weighted by atomic mass is 10.3. The molecule has 80 valence electrons. The lowest BCUT2D eigenvalue weighted by Crippen LogP contribution is -2.04. The van der Waals surface area contributed by atoms with Crippen LogP contribution >= 0.6 is 11.8 Å². The van der Waals surface area contributed by atoms with Crippen LogP contribution in [-0.4, -0.2) is 15.5 Å². The number of nitrogens with zero attached hydrogens (tertiary/aromatic N) is 2. The van der Waals surface area contributed by atoms with Crippen LogP contribution in [0, 0.1) is 0 Å². The summed E-state index contributed by atoms with van der Waals surface area (Å²) in [4.78, 5) is 0. The molecule has 0 amide bonds. The molecule has 0 aliphatic heterocycles. The molecule has 1 rings (SSSR count). The molecule has 0 radical (unpaired) electrons. The molecule has 0 saturated heterocycles. The van der Waals surface area contributed by atoms with Gasteiger partial charge in [0.05, 0.1) is 0 Å². The molecule has 0 atom stereocenters. The van der Waals surface area contributed by atoms with Gasteiger partial charge in [-0.3, -0.25) is 0 Å². The first kappa shape index (κ1) is 11.4. The molecule has 2 N–H and O–H groups in total. The Bertz CT molecular complexity index is 270. The Morgan fingerprint density at radius 1 is 1.43 bits per heavy atom. The van der Waals surface area contributed by atoms with E-state index in [1.807, 2.05) is 10.7 Å². The maximum atomic E-state index is 5.84. The minimum absolute atomic E-state index is 0.789. The highest BCUT2D eigenvalue weighted by Gasteiger charge is 2.03. The topological polar surface area (TPSA) is 43.8 Å². The van der Waals surface area contributed by atoms with Gasteiger partial charge in [0, 0.05) is 12.6 Å². The minimum Gasteiger partial charge on any atom is -0.384 e. The number of nitrogen functional groups attached to an aromatic ring is 1. The van der Waals surface area contributed by atoms with Crippen LogP contribution in [0.2, 0.25) is 0 Å². The van der Waals surface area contributed by atoms with Gasteiger partial charge in [-0.05, 0) is 18.6 Å². The third-order valence-corrected chi connectivity index (χ3v) is 3.07. The highest BCUT2D eigenvalue weighted by molar-refractivity contribution is 7.99. The zero-order valence-electron chi connectivity index (χ0n) is 8.99. The van der Waals surface area contributed by atoms with Crippen molar-refractivity contribution in [3.8, 4) is 0 Å². The molecule has 0 unspecified atom stereocenters. The first-order chi connectivity index (χ1) is 6.77. The van der Waals surface area contributed by atoms with Crippen LogP contribution in [0.1, 0.15) is 33.1 Å². The first-order valence-corrected chi connectivity index (χ1v) is 6.22. The second-order valence-electron chi connectivity index (χ2n) is 3.33. The van der Waals surface area contributed by atoms with Gasteiger partial charge in [0.25, 0.3) is 0 Å². The van der Waals surface area contributed by atoms with Crippen molar-refractivity contribution in [1.82, 2.24) is 9.78 Å². The number of aromatic nitrogens is 2. The Labute approximate surface area is 90.1 Å². The maximum Gasteiger partial charge on any atom is 0.122 e. The van der Waals surface area contributed by atoms with E-state index in [0.717, 1.165) is 29.6 Å². The van der Waals surface area contributed by atoms with Gasteiger partial charge in [-0.15, -0.1) is 11.8 Å². The van der Waals surface area contributed by atoms with Crippen LogP contribution in [0.25, 0.3) is 0 Å². The van der Waals surface area contributed by atoms with Crippen molar-refractivity contribution in [3.05, 3.63) is 6.07 Å². The molecule has 0 fully saturated rings. The fraction of sp³-hybridized carbons (Fsp3) is 0.700. The number of anilines is 1. The van der Waals surface area contributed by atoms with E-state index in [1.54, 1.807) is 11.8 Å². The summed E-state index contributed by atoms with van der Waals surface area (Å²) < 4.78 is 1.90. The van der Waals surface area contributed by atoms with E-state index in [4.69, 9.17) is 5.73 Å². The Balaban J connectivity index is 2.53. The largest absolute Gasteiger partial charge is 0.384 e. The summed E-state index contributed by atoms with van der Waals surface area (Å²) in [7, 11) is 0. The number of unbranched alkanes of at least 4 members (excludes halogenated alkanes) is 1. The van der Waals surface area contributed by atoms with Crippen molar-refractivity contribution in [3.63, 3.8) is 0 Å². The van der Waals surface area contributed by atoms with Crippen LogP contribution in [0.3, 0.4) is 0 Å². The van der Waals surface area contributed by atoms with Crippen LogP contribution in [0.4, 0.5) is 5.82 Å².